The summed E-state index contributed by atoms with van der Waals surface area (Å²) in [6.45, 7) is 1.62. The Kier molecular flexibility index (Phi) is 3.87. The maximum Gasteiger partial charge on any atom is 0.269 e. The van der Waals surface area contributed by atoms with Crippen molar-refractivity contribution in [1.82, 2.24) is 20.3 Å². The first-order valence-corrected chi connectivity index (χ1v) is 5.65. The zero-order valence-corrected chi connectivity index (χ0v) is 10.3. The predicted octanol–water partition coefficient (Wildman–Crippen LogP) is 0.482. The summed E-state index contributed by atoms with van der Waals surface area (Å²) in [6.07, 6.45) is 4.56. The molecule has 0 aliphatic rings. The lowest BCUT2D eigenvalue weighted by Crippen LogP contribution is -2.33. The Morgan fingerprint density at radius 1 is 1.37 bits per heavy atom. The highest BCUT2D eigenvalue weighted by Gasteiger charge is 2.10. The quantitative estimate of drug-likeness (QED) is 0.743. The van der Waals surface area contributed by atoms with Gasteiger partial charge in [-0.1, -0.05) is 0 Å². The maximum atomic E-state index is 11.6. The normalized spacial score (nSPS) is 9.95. The summed E-state index contributed by atoms with van der Waals surface area (Å²) in [5, 5.41) is 5.10. The summed E-state index contributed by atoms with van der Waals surface area (Å²) in [5.41, 5.74) is 0.908. The fraction of sp³-hybridized carbons (Fsp3) is 0.167. The Bertz CT molecular complexity index is 579. The van der Waals surface area contributed by atoms with Crippen molar-refractivity contribution in [3.63, 3.8) is 0 Å². The van der Waals surface area contributed by atoms with Gasteiger partial charge in [0.2, 0.25) is 5.91 Å². The number of aromatic nitrogens is 3. The number of pyridine rings is 1. The van der Waals surface area contributed by atoms with E-state index < -0.39 is 0 Å². The van der Waals surface area contributed by atoms with Crippen molar-refractivity contribution in [1.29, 1.82) is 0 Å². The first-order chi connectivity index (χ1) is 9.15. The second-order valence-corrected chi connectivity index (χ2v) is 3.85. The van der Waals surface area contributed by atoms with E-state index in [9.17, 15) is 9.59 Å². The molecule has 2 aromatic heterocycles. The fourth-order valence-electron chi connectivity index (χ4n) is 1.43. The predicted molar refractivity (Wildman–Crippen MR) is 68.5 cm³/mol. The average molecular weight is 259 g/mol. The zero-order valence-electron chi connectivity index (χ0n) is 10.3. The third-order valence-corrected chi connectivity index (χ3v) is 2.30. The molecule has 0 saturated carbocycles. The van der Waals surface area contributed by atoms with Gasteiger partial charge in [-0.15, -0.1) is 0 Å². The number of hydrogen-bond donors (Lipinski definition) is 3. The van der Waals surface area contributed by atoms with E-state index >= 15 is 0 Å². The lowest BCUT2D eigenvalue weighted by molar-refractivity contribution is -0.115. The van der Waals surface area contributed by atoms with Gasteiger partial charge in [0.25, 0.3) is 5.91 Å². The number of rotatable bonds is 4. The molecule has 0 aromatic carbocycles. The van der Waals surface area contributed by atoms with E-state index in [1.54, 1.807) is 25.3 Å². The zero-order chi connectivity index (χ0) is 13.7. The molecule has 0 fully saturated rings. The molecule has 7 nitrogen and oxygen atoms in total. The van der Waals surface area contributed by atoms with Gasteiger partial charge in [-0.3, -0.25) is 14.6 Å². The van der Waals surface area contributed by atoms with Crippen LogP contribution in [0.4, 0.5) is 5.69 Å². The topological polar surface area (TPSA) is 99.8 Å². The number of aryl methyl sites for hydroxylation is 1. The van der Waals surface area contributed by atoms with Gasteiger partial charge >= 0.3 is 0 Å². The third-order valence-electron chi connectivity index (χ3n) is 2.30. The van der Waals surface area contributed by atoms with Crippen LogP contribution in [0.3, 0.4) is 0 Å². The van der Waals surface area contributed by atoms with Gasteiger partial charge in [-0.25, -0.2) is 4.98 Å². The maximum absolute atomic E-state index is 11.6. The SMILES string of the molecule is Cc1ncc(C(=O)NCC(=O)Nc2cccnc2)[nH]1. The molecular formula is C12H13N5O2. The Hall–Kier alpha value is -2.70. The Balaban J connectivity index is 1.82. The summed E-state index contributed by atoms with van der Waals surface area (Å²) in [5.74, 6) is -0.0514. The molecule has 0 radical (unpaired) electrons. The van der Waals surface area contributed by atoms with Gasteiger partial charge in [0, 0.05) is 6.20 Å². The van der Waals surface area contributed by atoms with Gasteiger partial charge in [-0.2, -0.15) is 0 Å². The van der Waals surface area contributed by atoms with E-state index in [2.05, 4.69) is 25.6 Å². The molecule has 19 heavy (non-hydrogen) atoms. The molecule has 2 aromatic rings. The van der Waals surface area contributed by atoms with Gasteiger partial charge in [0.05, 0.1) is 24.6 Å². The minimum Gasteiger partial charge on any atom is -0.342 e. The average Bonchev–Trinajstić information content (AvgIpc) is 2.84. The van der Waals surface area contributed by atoms with Gasteiger partial charge in [0.15, 0.2) is 0 Å². The molecule has 0 aliphatic carbocycles. The first-order valence-electron chi connectivity index (χ1n) is 5.65. The third kappa shape index (κ3) is 3.63. The Labute approximate surface area is 109 Å². The molecule has 0 bridgehead atoms. The van der Waals surface area contributed by atoms with Gasteiger partial charge < -0.3 is 15.6 Å². The summed E-state index contributed by atoms with van der Waals surface area (Å²) < 4.78 is 0. The van der Waals surface area contributed by atoms with Crippen LogP contribution in [0, 0.1) is 6.92 Å². The smallest absolute Gasteiger partial charge is 0.269 e. The number of nitrogens with one attached hydrogen (secondary N) is 3. The molecule has 2 heterocycles. The fourth-order valence-corrected chi connectivity index (χ4v) is 1.43. The minimum atomic E-state index is -0.373. The summed E-state index contributed by atoms with van der Waals surface area (Å²) >= 11 is 0. The van der Waals surface area contributed by atoms with E-state index in [0.29, 0.717) is 17.2 Å². The second kappa shape index (κ2) is 5.76. The van der Waals surface area contributed by atoms with E-state index in [1.807, 2.05) is 0 Å². The standard InChI is InChI=1S/C12H13N5O2/c1-8-14-6-10(16-8)12(19)15-7-11(18)17-9-3-2-4-13-5-9/h2-6H,7H2,1H3,(H,14,16)(H,15,19)(H,17,18). The number of hydrogen-bond acceptors (Lipinski definition) is 4. The summed E-state index contributed by atoms with van der Waals surface area (Å²) in [7, 11) is 0. The molecule has 0 atom stereocenters. The molecular weight excluding hydrogens is 246 g/mol. The molecule has 2 amide bonds. The number of nitrogens with zero attached hydrogens (tertiary/aromatic N) is 2. The molecule has 3 N–H and O–H groups in total. The minimum absolute atomic E-state index is 0.119. The molecule has 0 unspecified atom stereocenters. The van der Waals surface area contributed by atoms with E-state index in [-0.39, 0.29) is 18.4 Å². The van der Waals surface area contributed by atoms with Crippen LogP contribution in [0.15, 0.2) is 30.7 Å². The van der Waals surface area contributed by atoms with Crippen LogP contribution in [0.25, 0.3) is 0 Å². The van der Waals surface area contributed by atoms with E-state index in [4.69, 9.17) is 0 Å². The molecule has 98 valence electrons. The van der Waals surface area contributed by atoms with E-state index in [1.165, 1.54) is 12.4 Å². The molecule has 7 heteroatoms. The van der Waals surface area contributed by atoms with Crippen molar-refractivity contribution in [2.75, 3.05) is 11.9 Å². The lowest BCUT2D eigenvalue weighted by Gasteiger charge is -2.05. The Morgan fingerprint density at radius 3 is 2.84 bits per heavy atom. The first kappa shape index (κ1) is 12.7. The number of aromatic amines is 1. The molecule has 0 aliphatic heterocycles. The van der Waals surface area contributed by atoms with Crippen molar-refractivity contribution in [2.45, 2.75) is 6.92 Å². The summed E-state index contributed by atoms with van der Waals surface area (Å²) in [6, 6.07) is 3.42. The van der Waals surface area contributed by atoms with Crippen LogP contribution in [-0.4, -0.2) is 33.3 Å². The number of amides is 2. The number of imidazole rings is 1. The molecule has 2 rings (SSSR count). The van der Waals surface area contributed by atoms with Crippen LogP contribution >= 0.6 is 0 Å². The molecule has 0 saturated heterocycles. The van der Waals surface area contributed by atoms with Crippen LogP contribution < -0.4 is 10.6 Å². The summed E-state index contributed by atoms with van der Waals surface area (Å²) in [4.78, 5) is 33.8. The van der Waals surface area contributed by atoms with Crippen LogP contribution in [-0.2, 0) is 4.79 Å². The number of H-pyrrole nitrogens is 1. The second-order valence-electron chi connectivity index (χ2n) is 3.85. The van der Waals surface area contributed by atoms with Gasteiger partial charge in [-0.05, 0) is 19.1 Å². The highest BCUT2D eigenvalue weighted by molar-refractivity contribution is 5.98. The lowest BCUT2D eigenvalue weighted by atomic mass is 10.4. The highest BCUT2D eigenvalue weighted by atomic mass is 16.2. The number of anilines is 1. The number of carbonyl (C=O) groups excluding carboxylic acids is 2. The van der Waals surface area contributed by atoms with Crippen molar-refractivity contribution in [3.05, 3.63) is 42.2 Å². The van der Waals surface area contributed by atoms with Crippen LogP contribution in [0.2, 0.25) is 0 Å². The Morgan fingerprint density at radius 2 is 2.21 bits per heavy atom. The van der Waals surface area contributed by atoms with Crippen molar-refractivity contribution in [3.8, 4) is 0 Å². The van der Waals surface area contributed by atoms with Crippen molar-refractivity contribution >= 4 is 17.5 Å². The van der Waals surface area contributed by atoms with Crippen molar-refractivity contribution in [2.24, 2.45) is 0 Å². The van der Waals surface area contributed by atoms with E-state index in [0.717, 1.165) is 0 Å². The van der Waals surface area contributed by atoms with Crippen LogP contribution in [0.5, 0.6) is 0 Å². The highest BCUT2D eigenvalue weighted by Crippen LogP contribution is 2.01. The van der Waals surface area contributed by atoms with Crippen LogP contribution in [0.1, 0.15) is 16.3 Å². The van der Waals surface area contributed by atoms with Gasteiger partial charge in [0.1, 0.15) is 11.5 Å². The monoisotopic (exact) mass is 259 g/mol. The largest absolute Gasteiger partial charge is 0.342 e. The molecule has 0 spiro atoms. The van der Waals surface area contributed by atoms with Crippen molar-refractivity contribution < 1.29 is 9.59 Å². The number of carbonyl (C=O) groups is 2.